The van der Waals surface area contributed by atoms with Crippen molar-refractivity contribution in [1.82, 2.24) is 4.48 Å². The van der Waals surface area contributed by atoms with Crippen molar-refractivity contribution >= 4 is 22.1 Å². The molecular formula is C13H21NO5S. The van der Waals surface area contributed by atoms with Gasteiger partial charge in [-0.15, -0.1) is 0 Å². The number of hydrogen-bond donors (Lipinski definition) is 0. The van der Waals surface area contributed by atoms with Gasteiger partial charge in [-0.2, -0.15) is 0 Å². The molecule has 1 aromatic carbocycles. The number of aldehydes is 1. The van der Waals surface area contributed by atoms with Crippen LogP contribution in [0.4, 0.5) is 5.69 Å². The van der Waals surface area contributed by atoms with Crippen LogP contribution in [0.15, 0.2) is 18.2 Å². The minimum absolute atomic E-state index is 0.571. The first-order valence-corrected chi connectivity index (χ1v) is 7.75. The van der Waals surface area contributed by atoms with E-state index in [2.05, 4.69) is 21.1 Å². The highest BCUT2D eigenvalue weighted by Gasteiger charge is 2.14. The molecule has 6 nitrogen and oxygen atoms in total. The van der Waals surface area contributed by atoms with E-state index < -0.39 is 10.1 Å². The van der Waals surface area contributed by atoms with E-state index in [0.717, 1.165) is 12.0 Å². The van der Waals surface area contributed by atoms with Crippen LogP contribution in [0.1, 0.15) is 17.3 Å². The number of nitrogens with zero attached hydrogens (tertiary/aromatic N) is 1. The van der Waals surface area contributed by atoms with Gasteiger partial charge in [0.1, 0.15) is 11.4 Å². The Morgan fingerprint density at radius 3 is 2.15 bits per heavy atom. The molecule has 0 aromatic heterocycles. The van der Waals surface area contributed by atoms with Crippen molar-refractivity contribution < 1.29 is 22.5 Å². The number of ether oxygens (including phenoxy) is 1. The van der Waals surface area contributed by atoms with Crippen LogP contribution in [0.5, 0.6) is 5.75 Å². The van der Waals surface area contributed by atoms with Crippen LogP contribution in [0.3, 0.4) is 0 Å². The number of hydrogen-bond acceptors (Lipinski definition) is 5. The second-order valence-electron chi connectivity index (χ2n) is 4.99. The number of carbonyl (C=O) groups is 1. The van der Waals surface area contributed by atoms with Crippen LogP contribution in [0.2, 0.25) is 0 Å². The molecule has 0 aliphatic rings. The lowest BCUT2D eigenvalue weighted by atomic mass is 10.2. The number of quaternary nitrogens is 1. The Kier molecular flexibility index (Phi) is 6.84. The maximum absolute atomic E-state index is 10.8. The summed E-state index contributed by atoms with van der Waals surface area (Å²) < 4.78 is 33.4. The molecule has 0 spiro atoms. The quantitative estimate of drug-likeness (QED) is 0.475. The average molecular weight is 303 g/mol. The van der Waals surface area contributed by atoms with E-state index in [-0.39, 0.29) is 0 Å². The molecule has 0 aliphatic heterocycles. The second kappa shape index (κ2) is 7.37. The van der Waals surface area contributed by atoms with Crippen molar-refractivity contribution in [1.29, 1.82) is 0 Å². The summed E-state index contributed by atoms with van der Waals surface area (Å²) in [6.07, 6.45) is 1.43. The number of carbonyl (C=O) groups excluding carboxylic acids is 1. The smallest absolute Gasteiger partial charge is 0.153 e. The Balaban J connectivity index is 0.000000621. The van der Waals surface area contributed by atoms with Crippen LogP contribution < -0.4 is 9.22 Å². The van der Waals surface area contributed by atoms with Crippen molar-refractivity contribution in [3.05, 3.63) is 23.8 Å². The highest BCUT2D eigenvalue weighted by atomic mass is 32.2. The molecule has 0 atom stereocenters. The zero-order chi connectivity index (χ0) is 16.0. The van der Waals surface area contributed by atoms with Crippen molar-refractivity contribution in [2.75, 3.05) is 34.0 Å². The highest BCUT2D eigenvalue weighted by molar-refractivity contribution is 7.84. The Morgan fingerprint density at radius 2 is 1.80 bits per heavy atom. The number of rotatable bonds is 4. The van der Waals surface area contributed by atoms with E-state index in [0.29, 0.717) is 28.7 Å². The third-order valence-corrected chi connectivity index (χ3v) is 2.20. The van der Waals surface area contributed by atoms with Gasteiger partial charge in [-0.05, 0) is 13.0 Å². The van der Waals surface area contributed by atoms with E-state index in [1.165, 1.54) is 0 Å². The standard InChI is InChI=1S/C12H18NO2.CH4O3S/c1-5-15-12-8-11(13(2,3)4)7-6-10(12)9-14;1-5(2,3)4/h6-9H,5H2,1-4H3;1H3,(H,2,3,4)/q+1;/p-1. The van der Waals surface area contributed by atoms with Crippen molar-refractivity contribution in [2.45, 2.75) is 6.92 Å². The molecule has 0 unspecified atom stereocenters. The lowest BCUT2D eigenvalue weighted by molar-refractivity contribution is 0.111. The Labute approximate surface area is 120 Å². The summed E-state index contributed by atoms with van der Waals surface area (Å²) in [6, 6.07) is 5.68. The van der Waals surface area contributed by atoms with E-state index in [1.807, 2.05) is 19.1 Å². The first-order chi connectivity index (χ1) is 8.99. The summed E-state index contributed by atoms with van der Waals surface area (Å²) in [5.74, 6) is 0.665. The molecule has 0 radical (unpaired) electrons. The summed E-state index contributed by atoms with van der Waals surface area (Å²) >= 11 is 0. The van der Waals surface area contributed by atoms with Crippen LogP contribution in [-0.4, -0.2) is 53.3 Å². The van der Waals surface area contributed by atoms with Crippen LogP contribution in [0.25, 0.3) is 0 Å². The Hall–Kier alpha value is -1.44. The predicted octanol–water partition coefficient (Wildman–Crippen LogP) is 1.26. The maximum Gasteiger partial charge on any atom is 0.153 e. The normalized spacial score (nSPS) is 11.3. The molecule has 20 heavy (non-hydrogen) atoms. The summed E-state index contributed by atoms with van der Waals surface area (Å²) in [7, 11) is 2.31. The van der Waals surface area contributed by atoms with Gasteiger partial charge in [0.2, 0.25) is 0 Å². The van der Waals surface area contributed by atoms with Crippen molar-refractivity contribution in [2.24, 2.45) is 0 Å². The van der Waals surface area contributed by atoms with Gasteiger partial charge >= 0.3 is 0 Å². The fourth-order valence-electron chi connectivity index (χ4n) is 1.32. The zero-order valence-corrected chi connectivity index (χ0v) is 13.2. The topological polar surface area (TPSA) is 83.5 Å². The molecular weight excluding hydrogens is 282 g/mol. The van der Waals surface area contributed by atoms with E-state index in [4.69, 9.17) is 17.7 Å². The maximum atomic E-state index is 10.8. The fraction of sp³-hybridized carbons (Fsp3) is 0.462. The van der Waals surface area contributed by atoms with Gasteiger partial charge in [0.05, 0.1) is 43.4 Å². The van der Waals surface area contributed by atoms with Gasteiger partial charge in [0.25, 0.3) is 0 Å². The Bertz CT molecular complexity index is 538. The molecule has 1 aromatic rings. The lowest BCUT2D eigenvalue weighted by Gasteiger charge is -2.24. The Morgan fingerprint density at radius 1 is 1.30 bits per heavy atom. The summed E-state index contributed by atoms with van der Waals surface area (Å²) in [5.41, 5.74) is 1.72. The van der Waals surface area contributed by atoms with Crippen molar-refractivity contribution in [3.63, 3.8) is 0 Å². The molecule has 7 heteroatoms. The SMILES string of the molecule is CCOc1cc([N+](C)(C)C)ccc1C=O.CS(=O)(=O)[O-]. The molecule has 0 N–H and O–H groups in total. The first kappa shape index (κ1) is 18.6. The molecule has 114 valence electrons. The lowest BCUT2D eigenvalue weighted by Crippen LogP contribution is -2.34. The third-order valence-electron chi connectivity index (χ3n) is 2.20. The van der Waals surface area contributed by atoms with E-state index >= 15 is 0 Å². The molecule has 0 aliphatic carbocycles. The van der Waals surface area contributed by atoms with Crippen LogP contribution in [0, 0.1) is 0 Å². The molecule has 0 bridgehead atoms. The minimum atomic E-state index is -3.92. The fourth-order valence-corrected chi connectivity index (χ4v) is 1.32. The molecule has 0 saturated carbocycles. The average Bonchev–Trinajstić information content (AvgIpc) is 2.26. The molecule has 0 saturated heterocycles. The molecule has 1 rings (SSSR count). The first-order valence-electron chi connectivity index (χ1n) is 5.94. The third kappa shape index (κ3) is 7.88. The summed E-state index contributed by atoms with van der Waals surface area (Å²) in [4.78, 5) is 10.8. The van der Waals surface area contributed by atoms with E-state index in [1.54, 1.807) is 6.07 Å². The molecule has 0 heterocycles. The van der Waals surface area contributed by atoms with E-state index in [9.17, 15) is 4.79 Å². The van der Waals surface area contributed by atoms with Gasteiger partial charge in [-0.25, -0.2) is 8.42 Å². The van der Waals surface area contributed by atoms with Gasteiger partial charge in [0, 0.05) is 18.4 Å². The van der Waals surface area contributed by atoms with Crippen LogP contribution >= 0.6 is 0 Å². The van der Waals surface area contributed by atoms with Crippen LogP contribution in [-0.2, 0) is 10.1 Å². The van der Waals surface area contributed by atoms with Gasteiger partial charge in [-0.1, -0.05) is 0 Å². The summed E-state index contributed by atoms with van der Waals surface area (Å²) in [6.45, 7) is 2.48. The monoisotopic (exact) mass is 303 g/mol. The van der Waals surface area contributed by atoms with Gasteiger partial charge in [-0.3, -0.25) is 9.28 Å². The van der Waals surface area contributed by atoms with Gasteiger partial charge in [0.15, 0.2) is 6.29 Å². The predicted molar refractivity (Wildman–Crippen MR) is 78.2 cm³/mol. The highest BCUT2D eigenvalue weighted by Crippen LogP contribution is 2.26. The van der Waals surface area contributed by atoms with Crippen molar-refractivity contribution in [3.8, 4) is 5.75 Å². The molecule has 0 fully saturated rings. The zero-order valence-electron chi connectivity index (χ0n) is 12.4. The molecule has 0 amide bonds. The van der Waals surface area contributed by atoms with Gasteiger partial charge < -0.3 is 9.29 Å². The minimum Gasteiger partial charge on any atom is -0.748 e. The number of benzene rings is 1. The largest absolute Gasteiger partial charge is 0.748 e. The summed E-state index contributed by atoms with van der Waals surface area (Å²) in [5, 5.41) is 0. The second-order valence-corrected chi connectivity index (χ2v) is 6.40.